The number of hydrogen-bond acceptors (Lipinski definition) is 3. The number of nitrogens with one attached hydrogen (secondary N) is 1. The number of hydrogen-bond donors (Lipinski definition) is 2. The van der Waals surface area contributed by atoms with Crippen LogP contribution in [0.2, 0.25) is 0 Å². The Kier molecular flexibility index (Phi) is 3.13. The number of carbonyl (C=O) groups excluding carboxylic acids is 1. The fourth-order valence-electron chi connectivity index (χ4n) is 2.02. The summed E-state index contributed by atoms with van der Waals surface area (Å²) in [5, 5.41) is 0.827. The van der Waals surface area contributed by atoms with E-state index in [2.05, 4.69) is 31.8 Å². The number of carbonyl (C=O) groups is 1. The Morgan fingerprint density at radius 1 is 1.16 bits per heavy atom. The van der Waals surface area contributed by atoms with Crippen LogP contribution in [0.1, 0.15) is 15.9 Å². The van der Waals surface area contributed by atoms with E-state index in [-0.39, 0.29) is 5.78 Å². The van der Waals surface area contributed by atoms with E-state index in [4.69, 9.17) is 0 Å². The van der Waals surface area contributed by atoms with E-state index < -0.39 is 0 Å². The summed E-state index contributed by atoms with van der Waals surface area (Å²) in [5.74, 6) is -0.0462. The van der Waals surface area contributed by atoms with Crippen LogP contribution >= 0.6 is 21.9 Å². The summed E-state index contributed by atoms with van der Waals surface area (Å²) < 4.78 is 0. The van der Waals surface area contributed by atoms with Crippen molar-refractivity contribution in [3.8, 4) is 0 Å². The monoisotopic (exact) mass is 286 g/mol. The Balaban J connectivity index is 2.15. The van der Waals surface area contributed by atoms with Crippen molar-refractivity contribution in [2.75, 3.05) is 0 Å². The highest BCUT2D eigenvalue weighted by Crippen LogP contribution is 2.22. The molecule has 3 nitrogen and oxygen atoms in total. The van der Waals surface area contributed by atoms with E-state index in [1.165, 1.54) is 0 Å². The second-order valence-electron chi connectivity index (χ2n) is 4.18. The van der Waals surface area contributed by atoms with Crippen molar-refractivity contribution in [1.29, 1.82) is 0 Å². The molecule has 0 aliphatic heterocycles. The number of pyridine rings is 1. The fourth-order valence-corrected chi connectivity index (χ4v) is 2.51. The van der Waals surface area contributed by atoms with Crippen molar-refractivity contribution in [2.45, 2.75) is 4.90 Å². The molecule has 2 aromatic heterocycles. The van der Waals surface area contributed by atoms with Gasteiger partial charge in [0.05, 0.1) is 5.44 Å². The third kappa shape index (κ3) is 2.18. The van der Waals surface area contributed by atoms with Crippen molar-refractivity contribution in [3.63, 3.8) is 0 Å². The molecule has 0 saturated carbocycles. The number of H-pyrrole nitrogens is 1. The van der Waals surface area contributed by atoms with Gasteiger partial charge in [-0.1, -0.05) is 21.4 Å². The third-order valence-electron chi connectivity index (χ3n) is 2.95. The van der Waals surface area contributed by atoms with Crippen LogP contribution in [-0.4, -0.2) is 15.8 Å². The summed E-state index contributed by atoms with van der Waals surface area (Å²) in [7, 11) is 2.54. The van der Waals surface area contributed by atoms with E-state index in [0.717, 1.165) is 10.8 Å². The van der Waals surface area contributed by atoms with Crippen LogP contribution < -0.4 is 5.44 Å². The Labute approximate surface area is 118 Å². The molecule has 1 N–H and O–H groups in total. The zero-order valence-electron chi connectivity index (χ0n) is 9.92. The first kappa shape index (κ1) is 12.4. The molecule has 1 unspecified atom stereocenters. The standard InChI is InChI=1S/C14H11N2OPS/c17-13(9-3-1-2-4-11(9)19)10-7-15-14-8(10)5-6-12(18)16-14/h1-7,19H,18H2,(H,15,16). The number of nitrogens with zero attached hydrogens (tertiary/aromatic N) is 1. The molecule has 0 aliphatic carbocycles. The maximum atomic E-state index is 12.5. The zero-order valence-corrected chi connectivity index (χ0v) is 12.0. The normalized spacial score (nSPS) is 10.8. The summed E-state index contributed by atoms with van der Waals surface area (Å²) in [6.45, 7) is 0. The first-order chi connectivity index (χ1) is 9.16. The molecule has 0 bridgehead atoms. The lowest BCUT2D eigenvalue weighted by Crippen LogP contribution is -2.02. The number of fused-ring (bicyclic) bond motifs is 1. The number of thiol groups is 1. The minimum Gasteiger partial charge on any atom is -0.345 e. The fraction of sp³-hybridized carbons (Fsp3) is 0. The number of aromatic nitrogens is 2. The van der Waals surface area contributed by atoms with Crippen molar-refractivity contribution >= 4 is 44.1 Å². The van der Waals surface area contributed by atoms with Gasteiger partial charge in [-0.15, -0.1) is 12.6 Å². The van der Waals surface area contributed by atoms with Crippen LogP contribution in [0.25, 0.3) is 11.0 Å². The van der Waals surface area contributed by atoms with E-state index in [9.17, 15) is 4.79 Å². The second-order valence-corrected chi connectivity index (χ2v) is 5.25. The third-order valence-corrected chi connectivity index (χ3v) is 3.67. The largest absolute Gasteiger partial charge is 0.345 e. The van der Waals surface area contributed by atoms with Gasteiger partial charge >= 0.3 is 0 Å². The highest BCUT2D eigenvalue weighted by molar-refractivity contribution is 7.80. The number of rotatable bonds is 2. The molecule has 0 spiro atoms. The molecular weight excluding hydrogens is 275 g/mol. The predicted octanol–water partition coefficient (Wildman–Crippen LogP) is 2.58. The van der Waals surface area contributed by atoms with E-state index in [0.29, 0.717) is 21.7 Å². The average molecular weight is 286 g/mol. The van der Waals surface area contributed by atoms with Crippen molar-refractivity contribution in [3.05, 3.63) is 53.7 Å². The number of benzene rings is 1. The molecule has 0 fully saturated rings. The van der Waals surface area contributed by atoms with Gasteiger partial charge in [0.15, 0.2) is 5.78 Å². The van der Waals surface area contributed by atoms with Gasteiger partial charge in [0, 0.05) is 27.6 Å². The minimum atomic E-state index is -0.0462. The summed E-state index contributed by atoms with van der Waals surface area (Å²) in [6.07, 6.45) is 1.70. The molecule has 1 aromatic carbocycles. The first-order valence-corrected chi connectivity index (χ1v) is 6.75. The van der Waals surface area contributed by atoms with Gasteiger partial charge in [-0.2, -0.15) is 0 Å². The summed E-state index contributed by atoms with van der Waals surface area (Å²) in [6, 6.07) is 11.0. The molecule has 19 heavy (non-hydrogen) atoms. The second kappa shape index (κ2) is 4.80. The molecule has 3 rings (SSSR count). The molecule has 0 radical (unpaired) electrons. The lowest BCUT2D eigenvalue weighted by Gasteiger charge is -2.02. The summed E-state index contributed by atoms with van der Waals surface area (Å²) in [4.78, 5) is 20.6. The molecule has 0 saturated heterocycles. The lowest BCUT2D eigenvalue weighted by molar-refractivity contribution is 0.103. The van der Waals surface area contributed by atoms with E-state index in [1.54, 1.807) is 12.3 Å². The topological polar surface area (TPSA) is 45.8 Å². The molecule has 3 aromatic rings. The van der Waals surface area contributed by atoms with Crippen LogP contribution in [0.15, 0.2) is 47.5 Å². The van der Waals surface area contributed by atoms with E-state index >= 15 is 0 Å². The zero-order chi connectivity index (χ0) is 13.4. The predicted molar refractivity (Wildman–Crippen MR) is 82.6 cm³/mol. The van der Waals surface area contributed by atoms with Gasteiger partial charge in [-0.05, 0) is 24.3 Å². The number of ketones is 1. The number of aromatic amines is 1. The van der Waals surface area contributed by atoms with Crippen LogP contribution in [0, 0.1) is 0 Å². The van der Waals surface area contributed by atoms with Gasteiger partial charge in [0.2, 0.25) is 0 Å². The Morgan fingerprint density at radius 3 is 2.74 bits per heavy atom. The maximum absolute atomic E-state index is 12.5. The van der Waals surface area contributed by atoms with Crippen LogP contribution in [0.4, 0.5) is 0 Å². The van der Waals surface area contributed by atoms with Crippen molar-refractivity contribution < 1.29 is 4.79 Å². The van der Waals surface area contributed by atoms with Gasteiger partial charge in [-0.25, -0.2) is 4.98 Å². The van der Waals surface area contributed by atoms with Crippen molar-refractivity contribution in [2.24, 2.45) is 0 Å². The van der Waals surface area contributed by atoms with Crippen LogP contribution in [-0.2, 0) is 0 Å². The Hall–Kier alpha value is -1.64. The summed E-state index contributed by atoms with van der Waals surface area (Å²) in [5.41, 5.74) is 2.77. The van der Waals surface area contributed by atoms with Crippen LogP contribution in [0.5, 0.6) is 0 Å². The Bertz CT molecular complexity index is 782. The molecule has 1 atom stereocenters. The van der Waals surface area contributed by atoms with E-state index in [1.807, 2.05) is 30.3 Å². The summed E-state index contributed by atoms with van der Waals surface area (Å²) >= 11 is 4.33. The van der Waals surface area contributed by atoms with Gasteiger partial charge in [0.25, 0.3) is 0 Å². The van der Waals surface area contributed by atoms with Gasteiger partial charge in [-0.3, -0.25) is 4.79 Å². The average Bonchev–Trinajstić information content (AvgIpc) is 2.81. The molecule has 0 aliphatic rings. The highest BCUT2D eigenvalue weighted by atomic mass is 32.1. The molecule has 5 heteroatoms. The quantitative estimate of drug-likeness (QED) is 0.432. The van der Waals surface area contributed by atoms with Gasteiger partial charge in [0.1, 0.15) is 5.65 Å². The Morgan fingerprint density at radius 2 is 1.95 bits per heavy atom. The van der Waals surface area contributed by atoms with Crippen molar-refractivity contribution in [1.82, 2.24) is 9.97 Å². The molecule has 0 amide bonds. The SMILES string of the molecule is O=C(c1ccccc1S)c1c[nH]c2nc(P)ccc12. The smallest absolute Gasteiger partial charge is 0.196 e. The molecule has 2 heterocycles. The first-order valence-electron chi connectivity index (χ1n) is 5.73. The maximum Gasteiger partial charge on any atom is 0.196 e. The molecule has 94 valence electrons. The van der Waals surface area contributed by atoms with Crippen LogP contribution in [0.3, 0.4) is 0 Å². The molecular formula is C14H11N2OPS. The minimum absolute atomic E-state index is 0.0462. The van der Waals surface area contributed by atoms with Gasteiger partial charge < -0.3 is 4.98 Å². The highest BCUT2D eigenvalue weighted by Gasteiger charge is 2.16. The lowest BCUT2D eigenvalue weighted by atomic mass is 10.0.